The van der Waals surface area contributed by atoms with Gasteiger partial charge >= 0.3 is 7.60 Å². The van der Waals surface area contributed by atoms with Crippen molar-refractivity contribution in [2.24, 2.45) is 11.8 Å². The minimum absolute atomic E-state index is 0.0196. The number of ketones is 1. The summed E-state index contributed by atoms with van der Waals surface area (Å²) < 4.78 is 16.6. The highest BCUT2D eigenvalue weighted by molar-refractivity contribution is 7.52. The number of nitrogens with one attached hydrogen (secondary N) is 3. The second-order valence-corrected chi connectivity index (χ2v) is 16.8. The molecule has 0 bridgehead atoms. The number of aliphatic hydroxyl groups excluding tert-OH is 6. The smallest absolute Gasteiger partial charge is 0.373 e. The lowest BCUT2D eigenvalue weighted by atomic mass is 9.90. The van der Waals surface area contributed by atoms with E-state index in [1.165, 1.54) is 45.0 Å². The van der Waals surface area contributed by atoms with Gasteiger partial charge in [-0.05, 0) is 31.5 Å². The third-order valence-corrected chi connectivity index (χ3v) is 11.0. The van der Waals surface area contributed by atoms with Gasteiger partial charge in [0.1, 0.15) is 29.9 Å². The van der Waals surface area contributed by atoms with Crippen LogP contribution in [-0.2, 0) is 39.8 Å². The van der Waals surface area contributed by atoms with Crippen molar-refractivity contribution in [3.63, 3.8) is 0 Å². The first-order valence-corrected chi connectivity index (χ1v) is 20.2. The van der Waals surface area contributed by atoms with Crippen molar-refractivity contribution in [1.29, 1.82) is 0 Å². The highest BCUT2D eigenvalue weighted by Crippen LogP contribution is 2.38. The second kappa shape index (κ2) is 18.1. The molecule has 3 fully saturated rings. The van der Waals surface area contributed by atoms with Gasteiger partial charge in [-0.2, -0.15) is 0 Å². The van der Waals surface area contributed by atoms with Crippen LogP contribution in [0.25, 0.3) is 0 Å². The summed E-state index contributed by atoms with van der Waals surface area (Å²) in [6, 6.07) is -2.85. The van der Waals surface area contributed by atoms with Gasteiger partial charge in [0, 0.05) is 44.9 Å². The fourth-order valence-corrected chi connectivity index (χ4v) is 7.66. The topological polar surface area (TPSA) is 313 Å². The summed E-state index contributed by atoms with van der Waals surface area (Å²) in [4.78, 5) is 94.2. The molecule has 0 saturated carbocycles. The van der Waals surface area contributed by atoms with Crippen LogP contribution in [-0.4, -0.2) is 167 Å². The minimum Gasteiger partial charge on any atom is -0.425 e. The maximum atomic E-state index is 14.1. The average Bonchev–Trinajstić information content (AvgIpc) is 3.65. The average molecular weight is 814 g/mol. The van der Waals surface area contributed by atoms with Gasteiger partial charge in [-0.3, -0.25) is 28.8 Å². The fraction of sp³-hybridized carbons (Fsp3) is 0.657. The Bertz CT molecular complexity index is 1690. The number of hydrogen-bond acceptors (Lipinski definition) is 14. The van der Waals surface area contributed by atoms with Crippen molar-refractivity contribution in [3.05, 3.63) is 29.8 Å². The molecule has 1 aromatic carbocycles. The monoisotopic (exact) mass is 813 g/mol. The predicted molar refractivity (Wildman–Crippen MR) is 193 cm³/mol. The van der Waals surface area contributed by atoms with Gasteiger partial charge in [-0.1, -0.05) is 26.0 Å². The number of fused-ring (bicyclic) bond motifs is 2. The Kier molecular flexibility index (Phi) is 14.4. The predicted octanol–water partition coefficient (Wildman–Crippen LogP) is -3.86. The Morgan fingerprint density at radius 1 is 0.786 bits per heavy atom. The molecule has 20 nitrogen and oxygen atoms in total. The Morgan fingerprint density at radius 2 is 1.32 bits per heavy atom. The number of rotatable bonds is 7. The Labute approximate surface area is 322 Å². The largest absolute Gasteiger partial charge is 0.425 e. The first-order valence-electron chi connectivity index (χ1n) is 18.2. The van der Waals surface area contributed by atoms with Crippen LogP contribution in [0.5, 0.6) is 5.75 Å². The van der Waals surface area contributed by atoms with E-state index in [0.29, 0.717) is 5.56 Å². The van der Waals surface area contributed by atoms with Gasteiger partial charge in [0.05, 0.1) is 48.6 Å². The van der Waals surface area contributed by atoms with Crippen molar-refractivity contribution in [1.82, 2.24) is 25.8 Å². The molecule has 14 atom stereocenters. The van der Waals surface area contributed by atoms with Crippen LogP contribution in [0.1, 0.15) is 46.1 Å². The molecule has 21 heteroatoms. The summed E-state index contributed by atoms with van der Waals surface area (Å²) in [7, 11) is -3.91. The number of aliphatic hydroxyl groups is 6. The zero-order valence-electron chi connectivity index (χ0n) is 31.6. The molecule has 1 aromatic rings. The zero-order valence-corrected chi connectivity index (χ0v) is 32.5. The van der Waals surface area contributed by atoms with Crippen LogP contribution >= 0.6 is 7.60 Å². The number of nitrogens with zero attached hydrogens (tertiary/aromatic N) is 2. The molecule has 3 aliphatic heterocycles. The van der Waals surface area contributed by atoms with E-state index < -0.39 is 141 Å². The van der Waals surface area contributed by atoms with Crippen LogP contribution in [0.4, 0.5) is 0 Å². The van der Waals surface area contributed by atoms with E-state index in [9.17, 15) is 68.9 Å². The van der Waals surface area contributed by atoms with E-state index in [-0.39, 0.29) is 18.6 Å². The molecule has 312 valence electrons. The molecule has 56 heavy (non-hydrogen) atoms. The van der Waals surface area contributed by atoms with Crippen LogP contribution < -0.4 is 20.5 Å². The Hall–Kier alpha value is -4.01. The van der Waals surface area contributed by atoms with Crippen LogP contribution in [0.15, 0.2) is 24.3 Å². The van der Waals surface area contributed by atoms with Crippen molar-refractivity contribution in [2.75, 3.05) is 19.8 Å². The molecular formula is C35H52N5O15P. The lowest BCUT2D eigenvalue weighted by molar-refractivity contribution is -0.146. The van der Waals surface area contributed by atoms with Crippen molar-refractivity contribution < 1.29 is 73.4 Å². The lowest BCUT2D eigenvalue weighted by Gasteiger charge is -2.33. The molecule has 5 amide bonds. The number of Topliss-reactive ketones (excluding diaryl/α,β-unsaturated/α-hetero) is 1. The normalized spacial score (nSPS) is 34.1. The van der Waals surface area contributed by atoms with Gasteiger partial charge in [0.2, 0.25) is 29.5 Å². The SMILES string of the molecule is CC1C(=O)N[C@@H]([C@@H](C)O)C(=O)N2C[C@H](O)C[C@H]2C(=O)N[C@@H]([C@H](O)Cc2ccc(OP(C)(=O)O)cc2)C(=O)N[C@@H]([C@@H](C)O)C(=O)N2C[C@H](O)[C@H](C)[C@H]2C(=O)C[C@@H]1O. The lowest BCUT2D eigenvalue weighted by Crippen LogP contribution is -2.63. The third kappa shape index (κ3) is 10.5. The molecule has 0 spiro atoms. The fourth-order valence-electron chi connectivity index (χ4n) is 7.14. The minimum atomic E-state index is -3.91. The standard InChI is InChI=1S/C35H52N5O15P/c1-15-26(47)14-40-30(15)25(46)12-23(44)16(2)31(48)36-27(17(3)41)34(51)39-13-20(43)11-22(39)32(49)38-29(33(50)37-28(18(4)42)35(40)52)24(45)10-19-6-8-21(9-7-19)55-56(5,53)54/h6-9,15-18,20,22-24,26-30,41-45,47H,10-14H2,1-5H3,(H,36,48)(H,37,50)(H,38,49)(H,53,54)/t15-,16?,17+,18+,20+,22-,23-,24+,26-,27-,28-,29-,30-/m0/s1. The Balaban J connectivity index is 1.77. The molecule has 0 aliphatic carbocycles. The molecule has 2 unspecified atom stereocenters. The molecule has 10 N–H and O–H groups in total. The quantitative estimate of drug-likeness (QED) is 0.118. The summed E-state index contributed by atoms with van der Waals surface area (Å²) in [6.45, 7) is 5.21. The maximum absolute atomic E-state index is 14.1. The zero-order chi connectivity index (χ0) is 42.0. The summed E-state index contributed by atoms with van der Waals surface area (Å²) >= 11 is 0. The van der Waals surface area contributed by atoms with Crippen molar-refractivity contribution in [3.8, 4) is 5.75 Å². The number of carbonyl (C=O) groups is 6. The Morgan fingerprint density at radius 3 is 1.88 bits per heavy atom. The maximum Gasteiger partial charge on any atom is 0.373 e. The van der Waals surface area contributed by atoms with Crippen LogP contribution in [0.3, 0.4) is 0 Å². The van der Waals surface area contributed by atoms with E-state index in [4.69, 9.17) is 4.52 Å². The summed E-state index contributed by atoms with van der Waals surface area (Å²) in [5, 5.41) is 72.1. The van der Waals surface area contributed by atoms with E-state index in [2.05, 4.69) is 16.0 Å². The van der Waals surface area contributed by atoms with Gasteiger partial charge < -0.3 is 65.8 Å². The molecular weight excluding hydrogens is 761 g/mol. The molecule has 0 aromatic heterocycles. The van der Waals surface area contributed by atoms with Crippen molar-refractivity contribution in [2.45, 2.75) is 114 Å². The molecule has 3 saturated heterocycles. The van der Waals surface area contributed by atoms with Crippen molar-refractivity contribution >= 4 is 42.9 Å². The molecule has 3 heterocycles. The number of amides is 5. The van der Waals surface area contributed by atoms with E-state index >= 15 is 0 Å². The third-order valence-electron chi connectivity index (χ3n) is 10.4. The number of carbonyl (C=O) groups excluding carboxylic acids is 6. The molecule has 0 radical (unpaired) electrons. The number of hydrogen-bond donors (Lipinski definition) is 10. The molecule has 4 rings (SSSR count). The van der Waals surface area contributed by atoms with Gasteiger partial charge in [0.15, 0.2) is 5.78 Å². The first-order chi connectivity index (χ1) is 26.0. The van der Waals surface area contributed by atoms with E-state index in [1.54, 1.807) is 0 Å². The highest BCUT2D eigenvalue weighted by atomic mass is 31.2. The van der Waals surface area contributed by atoms with Crippen LogP contribution in [0, 0.1) is 11.8 Å². The van der Waals surface area contributed by atoms with Gasteiger partial charge in [-0.25, -0.2) is 4.57 Å². The molecule has 3 aliphatic rings. The van der Waals surface area contributed by atoms with Gasteiger partial charge in [-0.15, -0.1) is 0 Å². The summed E-state index contributed by atoms with van der Waals surface area (Å²) in [5.74, 6) is -8.23. The van der Waals surface area contributed by atoms with E-state index in [0.717, 1.165) is 23.4 Å². The highest BCUT2D eigenvalue weighted by Gasteiger charge is 2.49. The second-order valence-electron chi connectivity index (χ2n) is 15.0. The number of benzene rings is 1. The summed E-state index contributed by atoms with van der Waals surface area (Å²) in [6.07, 6.45) is -10.6. The van der Waals surface area contributed by atoms with Crippen LogP contribution in [0.2, 0.25) is 0 Å². The first kappa shape index (κ1) is 44.7. The van der Waals surface area contributed by atoms with E-state index in [1.807, 2.05) is 0 Å². The summed E-state index contributed by atoms with van der Waals surface area (Å²) in [5.41, 5.74) is 0.343. The van der Waals surface area contributed by atoms with Gasteiger partial charge in [0.25, 0.3) is 0 Å².